The number of aromatic nitrogens is 1. The Bertz CT molecular complexity index is 1190. The topological polar surface area (TPSA) is 42.1 Å². The first-order valence-corrected chi connectivity index (χ1v) is 13.1. The first kappa shape index (κ1) is 20.2. The van der Waals surface area contributed by atoms with Crippen molar-refractivity contribution in [3.05, 3.63) is 78.2 Å². The van der Waals surface area contributed by atoms with Crippen molar-refractivity contribution in [2.45, 2.75) is 42.1 Å². The zero-order valence-corrected chi connectivity index (χ0v) is 19.8. The highest BCUT2D eigenvalue weighted by molar-refractivity contribution is 8.00. The molecule has 31 heavy (non-hydrogen) atoms. The number of benzene rings is 2. The Morgan fingerprint density at radius 1 is 1.03 bits per heavy atom. The average Bonchev–Trinajstić information content (AvgIpc) is 3.46. The van der Waals surface area contributed by atoms with Crippen molar-refractivity contribution in [3.8, 4) is 5.75 Å². The molecule has 2 aliphatic carbocycles. The van der Waals surface area contributed by atoms with E-state index in [1.165, 1.54) is 30.6 Å². The molecule has 7 heteroatoms. The van der Waals surface area contributed by atoms with Crippen molar-refractivity contribution in [3.63, 3.8) is 0 Å². The van der Waals surface area contributed by atoms with Gasteiger partial charge < -0.3 is 9.72 Å². The molecule has 0 saturated heterocycles. The summed E-state index contributed by atoms with van der Waals surface area (Å²) in [6.45, 7) is 0.462. The van der Waals surface area contributed by atoms with Gasteiger partial charge in [-0.1, -0.05) is 46.7 Å². The molecule has 3 aliphatic rings. The third-order valence-corrected chi connectivity index (χ3v) is 10.2. The Morgan fingerprint density at radius 3 is 2.65 bits per heavy atom. The van der Waals surface area contributed by atoms with Crippen LogP contribution in [0.5, 0.6) is 5.75 Å². The van der Waals surface area contributed by atoms with Crippen LogP contribution in [0, 0.1) is 17.8 Å². The lowest BCUT2D eigenvalue weighted by Crippen LogP contribution is -2.33. The van der Waals surface area contributed by atoms with E-state index in [2.05, 4.69) is 11.1 Å². The van der Waals surface area contributed by atoms with Crippen molar-refractivity contribution in [1.82, 2.24) is 4.98 Å². The molecular formula is C24H21Cl2NO2S2. The molecule has 2 aromatic carbocycles. The molecule has 3 aromatic rings. The molecule has 2 bridgehead atoms. The molecule has 4 unspecified atom stereocenters. The summed E-state index contributed by atoms with van der Waals surface area (Å²) in [4.78, 5) is 16.6. The summed E-state index contributed by atoms with van der Waals surface area (Å²) >= 11 is 15.8. The van der Waals surface area contributed by atoms with Crippen LogP contribution in [0.25, 0.3) is 0 Å². The second kappa shape index (κ2) is 7.87. The van der Waals surface area contributed by atoms with Crippen molar-refractivity contribution in [2.75, 3.05) is 0 Å². The number of nitrogens with one attached hydrogen (secondary N) is 1. The summed E-state index contributed by atoms with van der Waals surface area (Å²) in [5.41, 5.74) is 2.18. The van der Waals surface area contributed by atoms with Crippen LogP contribution in [0.4, 0.5) is 0 Å². The smallest absolute Gasteiger partial charge is 0.305 e. The molecular weight excluding hydrogens is 469 g/mol. The number of thiazole rings is 1. The predicted octanol–water partition coefficient (Wildman–Crippen LogP) is 6.97. The monoisotopic (exact) mass is 489 g/mol. The van der Waals surface area contributed by atoms with Gasteiger partial charge in [0, 0.05) is 31.7 Å². The predicted molar refractivity (Wildman–Crippen MR) is 128 cm³/mol. The third-order valence-electron chi connectivity index (χ3n) is 7.08. The quantitative estimate of drug-likeness (QED) is 0.429. The van der Waals surface area contributed by atoms with E-state index in [0.29, 0.717) is 33.7 Å². The molecule has 5 atom stereocenters. The molecule has 1 aromatic heterocycles. The van der Waals surface area contributed by atoms with Crippen LogP contribution in [0.1, 0.15) is 41.2 Å². The van der Waals surface area contributed by atoms with E-state index in [-0.39, 0.29) is 10.8 Å². The summed E-state index contributed by atoms with van der Waals surface area (Å²) < 4.78 is 6.33. The van der Waals surface area contributed by atoms with Crippen molar-refractivity contribution in [2.24, 2.45) is 17.8 Å². The molecule has 2 saturated carbocycles. The standard InChI is InChI=1S/C24H21Cl2NO2S2/c25-15-5-1-12(2-6-15)11-29-18-8-7-16(26)10-17(18)20-19-13-3-4-14(9-13)21(19)30-23-22(20)31-24(28)27-23/h1-2,5-8,10,13-14,19-21H,3-4,9,11H2,(H,27,28)/t13?,14?,19?,20-,21?/m1/s1. The lowest BCUT2D eigenvalue weighted by Gasteiger charge is -2.40. The Hall–Kier alpha value is -1.40. The van der Waals surface area contributed by atoms with E-state index < -0.39 is 0 Å². The molecule has 0 spiro atoms. The highest BCUT2D eigenvalue weighted by Gasteiger charge is 2.55. The van der Waals surface area contributed by atoms with Gasteiger partial charge in [-0.05, 0) is 72.9 Å². The fourth-order valence-electron chi connectivity index (χ4n) is 5.83. The summed E-state index contributed by atoms with van der Waals surface area (Å²) in [6, 6.07) is 13.6. The zero-order valence-electron chi connectivity index (χ0n) is 16.6. The number of hydrogen-bond donors (Lipinski definition) is 1. The third kappa shape index (κ3) is 3.54. The van der Waals surface area contributed by atoms with Crippen molar-refractivity contribution < 1.29 is 4.74 Å². The van der Waals surface area contributed by atoms with E-state index in [4.69, 9.17) is 27.9 Å². The highest BCUT2D eigenvalue weighted by Crippen LogP contribution is 2.64. The highest BCUT2D eigenvalue weighted by atomic mass is 35.5. The molecule has 2 heterocycles. The van der Waals surface area contributed by atoms with Crippen molar-refractivity contribution >= 4 is 46.3 Å². The average molecular weight is 490 g/mol. The van der Waals surface area contributed by atoms with Crippen LogP contribution in [-0.4, -0.2) is 10.2 Å². The van der Waals surface area contributed by atoms with E-state index in [0.717, 1.165) is 32.7 Å². The fourth-order valence-corrected chi connectivity index (χ4v) is 9.02. The molecule has 1 N–H and O–H groups in total. The normalized spacial score (nSPS) is 28.4. The van der Waals surface area contributed by atoms with Gasteiger partial charge in [-0.15, -0.1) is 11.8 Å². The van der Waals surface area contributed by atoms with Gasteiger partial charge in [-0.2, -0.15) is 0 Å². The largest absolute Gasteiger partial charge is 0.489 e. The minimum absolute atomic E-state index is 0.0282. The molecule has 0 radical (unpaired) electrons. The van der Waals surface area contributed by atoms with Crippen LogP contribution < -0.4 is 9.61 Å². The van der Waals surface area contributed by atoms with Crippen LogP contribution in [0.15, 0.2) is 52.3 Å². The molecule has 2 fully saturated rings. The number of rotatable bonds is 4. The van der Waals surface area contributed by atoms with Crippen LogP contribution >= 0.6 is 46.3 Å². The SMILES string of the molecule is O=c1[nH]c2c(s1)[C@H](c1cc(Cl)ccc1OCc1ccc(Cl)cc1)C1C3CCC(C3)C1S2. The molecule has 0 amide bonds. The van der Waals surface area contributed by atoms with E-state index in [1.807, 2.05) is 48.2 Å². The summed E-state index contributed by atoms with van der Waals surface area (Å²) in [5, 5.41) is 3.03. The summed E-state index contributed by atoms with van der Waals surface area (Å²) in [5.74, 6) is 2.99. The summed E-state index contributed by atoms with van der Waals surface area (Å²) in [6.07, 6.45) is 3.91. The van der Waals surface area contributed by atoms with Gasteiger partial charge >= 0.3 is 4.87 Å². The number of halogens is 2. The van der Waals surface area contributed by atoms with Crippen LogP contribution in [0.3, 0.4) is 0 Å². The number of H-pyrrole nitrogens is 1. The van der Waals surface area contributed by atoms with E-state index >= 15 is 0 Å². The van der Waals surface area contributed by atoms with Gasteiger partial charge in [-0.3, -0.25) is 4.79 Å². The molecule has 1 aliphatic heterocycles. The number of hydrogen-bond acceptors (Lipinski definition) is 4. The first-order chi connectivity index (χ1) is 15.1. The zero-order chi connectivity index (χ0) is 21.1. The Labute approximate surface area is 199 Å². The number of thioether (sulfide) groups is 1. The van der Waals surface area contributed by atoms with E-state index in [9.17, 15) is 4.79 Å². The van der Waals surface area contributed by atoms with Gasteiger partial charge in [-0.25, -0.2) is 0 Å². The number of fused-ring (bicyclic) bond motifs is 6. The maximum absolute atomic E-state index is 12.3. The molecule has 6 rings (SSSR count). The lowest BCUT2D eigenvalue weighted by molar-refractivity contribution is 0.280. The van der Waals surface area contributed by atoms with Gasteiger partial charge in [0.25, 0.3) is 0 Å². The van der Waals surface area contributed by atoms with Crippen molar-refractivity contribution in [1.29, 1.82) is 0 Å². The number of ether oxygens (including phenoxy) is 1. The van der Waals surface area contributed by atoms with Crippen LogP contribution in [-0.2, 0) is 6.61 Å². The lowest BCUT2D eigenvalue weighted by atomic mass is 9.74. The molecule has 160 valence electrons. The van der Waals surface area contributed by atoms with E-state index in [1.54, 1.807) is 0 Å². The first-order valence-electron chi connectivity index (χ1n) is 10.6. The minimum atomic E-state index is 0.0282. The van der Waals surface area contributed by atoms with Gasteiger partial charge in [0.1, 0.15) is 12.4 Å². The van der Waals surface area contributed by atoms with Gasteiger partial charge in [0.15, 0.2) is 0 Å². The Kier molecular flexibility index (Phi) is 5.14. The molecule has 3 nitrogen and oxygen atoms in total. The Balaban J connectivity index is 1.41. The van der Waals surface area contributed by atoms with Gasteiger partial charge in [0.05, 0.1) is 5.03 Å². The van der Waals surface area contributed by atoms with Gasteiger partial charge in [0.2, 0.25) is 0 Å². The maximum atomic E-state index is 12.3. The van der Waals surface area contributed by atoms with Crippen LogP contribution in [0.2, 0.25) is 10.0 Å². The summed E-state index contributed by atoms with van der Waals surface area (Å²) in [7, 11) is 0. The number of aromatic amines is 1. The second-order valence-corrected chi connectivity index (χ2v) is 11.9. The Morgan fingerprint density at radius 2 is 1.81 bits per heavy atom. The fraction of sp³-hybridized carbons (Fsp3) is 0.375. The minimum Gasteiger partial charge on any atom is -0.489 e. The maximum Gasteiger partial charge on any atom is 0.305 e. The second-order valence-electron chi connectivity index (χ2n) is 8.78.